The first-order valence-electron chi connectivity index (χ1n) is 8.55. The second-order valence-electron chi connectivity index (χ2n) is 6.10. The van der Waals surface area contributed by atoms with E-state index in [9.17, 15) is 9.90 Å². The quantitative estimate of drug-likeness (QED) is 0.683. The monoisotopic (exact) mass is 320 g/mol. The second-order valence-corrected chi connectivity index (χ2v) is 6.10. The van der Waals surface area contributed by atoms with Crippen molar-refractivity contribution in [3.8, 4) is 5.75 Å². The Hall–Kier alpha value is -1.59. The number of likely N-dealkylation sites (N-methyl/N-ethyl adjacent to an activating group) is 1. The Morgan fingerprint density at radius 2 is 2.00 bits per heavy atom. The smallest absolute Gasteiger partial charge is 0.257 e. The van der Waals surface area contributed by atoms with Crippen molar-refractivity contribution in [2.24, 2.45) is 5.92 Å². The molecular weight excluding hydrogens is 292 g/mol. The Kier molecular flexibility index (Phi) is 7.36. The fourth-order valence-corrected chi connectivity index (χ4v) is 3.04. The van der Waals surface area contributed by atoms with E-state index in [0.29, 0.717) is 24.3 Å². The first-order chi connectivity index (χ1) is 11.2. The Labute approximate surface area is 138 Å². The van der Waals surface area contributed by atoms with Gasteiger partial charge in [0.05, 0.1) is 0 Å². The van der Waals surface area contributed by atoms with Gasteiger partial charge in [0.25, 0.3) is 5.91 Å². The molecule has 1 aromatic carbocycles. The van der Waals surface area contributed by atoms with Gasteiger partial charge in [-0.3, -0.25) is 4.79 Å². The Balaban J connectivity index is 1.77. The lowest BCUT2D eigenvalue weighted by Gasteiger charge is -2.31. The highest BCUT2D eigenvalue weighted by atomic mass is 16.5. The minimum absolute atomic E-state index is 0.0473. The first-order valence-corrected chi connectivity index (χ1v) is 8.55. The van der Waals surface area contributed by atoms with Crippen molar-refractivity contribution in [1.82, 2.24) is 10.6 Å². The van der Waals surface area contributed by atoms with Crippen LogP contribution >= 0.6 is 0 Å². The molecule has 1 aliphatic carbocycles. The van der Waals surface area contributed by atoms with Crippen molar-refractivity contribution in [3.63, 3.8) is 0 Å². The summed E-state index contributed by atoms with van der Waals surface area (Å²) in [6, 6.07) is 8.21. The van der Waals surface area contributed by atoms with Crippen LogP contribution in [0.15, 0.2) is 24.3 Å². The maximum absolute atomic E-state index is 11.4. The van der Waals surface area contributed by atoms with Crippen molar-refractivity contribution in [2.45, 2.75) is 45.2 Å². The number of carbonyl (C=O) groups excluding carboxylic acids is 1. The van der Waals surface area contributed by atoms with Crippen LogP contribution in [-0.4, -0.2) is 36.8 Å². The lowest BCUT2D eigenvalue weighted by molar-refractivity contribution is -0.122. The number of hydrogen-bond donors (Lipinski definition) is 3. The standard InChI is InChI=1S/C18H28N2O3/c1-2-19-18(22)13-23-16-9-7-14(8-10-16)11-20-17-6-4-3-5-15(17)12-21/h7-10,15,17,20-21H,2-6,11-13H2,1H3,(H,19,22). The van der Waals surface area contributed by atoms with E-state index in [2.05, 4.69) is 10.6 Å². The average molecular weight is 320 g/mol. The molecule has 0 spiro atoms. The van der Waals surface area contributed by atoms with Gasteiger partial charge in [0, 0.05) is 25.7 Å². The van der Waals surface area contributed by atoms with E-state index in [1.54, 1.807) is 0 Å². The fraction of sp³-hybridized carbons (Fsp3) is 0.611. The summed E-state index contributed by atoms with van der Waals surface area (Å²) in [6.07, 6.45) is 4.71. The van der Waals surface area contributed by atoms with Crippen molar-refractivity contribution in [1.29, 1.82) is 0 Å². The van der Waals surface area contributed by atoms with Crippen LogP contribution in [-0.2, 0) is 11.3 Å². The number of amides is 1. The number of nitrogens with one attached hydrogen (secondary N) is 2. The van der Waals surface area contributed by atoms with Crippen LogP contribution in [0.1, 0.15) is 38.2 Å². The van der Waals surface area contributed by atoms with Gasteiger partial charge >= 0.3 is 0 Å². The van der Waals surface area contributed by atoms with Crippen molar-refractivity contribution in [3.05, 3.63) is 29.8 Å². The van der Waals surface area contributed by atoms with Gasteiger partial charge in [0.1, 0.15) is 5.75 Å². The van der Waals surface area contributed by atoms with Gasteiger partial charge in [-0.2, -0.15) is 0 Å². The highest BCUT2D eigenvalue weighted by Crippen LogP contribution is 2.24. The van der Waals surface area contributed by atoms with Crippen LogP contribution in [0, 0.1) is 5.92 Å². The molecule has 1 saturated carbocycles. The van der Waals surface area contributed by atoms with E-state index < -0.39 is 0 Å². The van der Waals surface area contributed by atoms with Crippen LogP contribution in [0.2, 0.25) is 0 Å². The third kappa shape index (κ3) is 5.84. The lowest BCUT2D eigenvalue weighted by Crippen LogP contribution is -2.39. The molecule has 0 heterocycles. The van der Waals surface area contributed by atoms with Gasteiger partial charge in [-0.05, 0) is 43.4 Å². The molecule has 2 atom stereocenters. The summed E-state index contributed by atoms with van der Waals surface area (Å²) in [5.41, 5.74) is 1.18. The minimum atomic E-state index is -0.106. The van der Waals surface area contributed by atoms with Crippen molar-refractivity contribution in [2.75, 3.05) is 19.8 Å². The summed E-state index contributed by atoms with van der Waals surface area (Å²) in [5, 5.41) is 15.7. The van der Waals surface area contributed by atoms with Crippen molar-refractivity contribution < 1.29 is 14.6 Å². The molecule has 3 N–H and O–H groups in total. The zero-order valence-corrected chi connectivity index (χ0v) is 13.9. The van der Waals surface area contributed by atoms with Gasteiger partial charge < -0.3 is 20.5 Å². The number of ether oxygens (including phenoxy) is 1. The van der Waals surface area contributed by atoms with E-state index in [4.69, 9.17) is 4.74 Å². The minimum Gasteiger partial charge on any atom is -0.484 e. The number of benzene rings is 1. The molecule has 1 aromatic rings. The first kappa shape index (κ1) is 17.8. The van der Waals surface area contributed by atoms with Gasteiger partial charge in [0.2, 0.25) is 0 Å². The maximum Gasteiger partial charge on any atom is 0.257 e. The summed E-state index contributed by atoms with van der Waals surface area (Å²) < 4.78 is 5.44. The van der Waals surface area contributed by atoms with Crippen molar-refractivity contribution >= 4 is 5.91 Å². The summed E-state index contributed by atoms with van der Waals surface area (Å²) >= 11 is 0. The predicted octanol–water partition coefficient (Wildman–Crippen LogP) is 1.84. The number of aliphatic hydroxyl groups is 1. The predicted molar refractivity (Wildman–Crippen MR) is 90.3 cm³/mol. The van der Waals surface area contributed by atoms with Gasteiger partial charge in [-0.1, -0.05) is 25.0 Å². The Morgan fingerprint density at radius 1 is 1.26 bits per heavy atom. The molecule has 2 rings (SSSR count). The maximum atomic E-state index is 11.4. The van der Waals surface area contributed by atoms with Gasteiger partial charge in [0.15, 0.2) is 6.61 Å². The molecule has 5 heteroatoms. The van der Waals surface area contributed by atoms with E-state index in [-0.39, 0.29) is 19.1 Å². The molecule has 0 aliphatic heterocycles. The average Bonchev–Trinajstić information content (AvgIpc) is 2.59. The van der Waals surface area contributed by atoms with E-state index >= 15 is 0 Å². The molecule has 0 radical (unpaired) electrons. The third-order valence-corrected chi connectivity index (χ3v) is 4.38. The largest absolute Gasteiger partial charge is 0.484 e. The third-order valence-electron chi connectivity index (χ3n) is 4.38. The molecule has 2 unspecified atom stereocenters. The second kappa shape index (κ2) is 9.53. The highest BCUT2D eigenvalue weighted by Gasteiger charge is 2.23. The highest BCUT2D eigenvalue weighted by molar-refractivity contribution is 5.77. The van der Waals surface area contributed by atoms with Gasteiger partial charge in [-0.25, -0.2) is 0 Å². The zero-order chi connectivity index (χ0) is 16.5. The molecule has 5 nitrogen and oxygen atoms in total. The molecule has 0 saturated heterocycles. The Morgan fingerprint density at radius 3 is 2.70 bits per heavy atom. The molecule has 1 fully saturated rings. The summed E-state index contributed by atoms with van der Waals surface area (Å²) in [5.74, 6) is 0.972. The number of rotatable bonds is 8. The van der Waals surface area contributed by atoms with Crippen LogP contribution < -0.4 is 15.4 Å². The normalized spacial score (nSPS) is 21.0. The molecule has 0 bridgehead atoms. The Bertz CT molecular complexity index is 476. The van der Waals surface area contributed by atoms with Crippen LogP contribution in [0.3, 0.4) is 0 Å². The van der Waals surface area contributed by atoms with Crippen LogP contribution in [0.25, 0.3) is 0 Å². The van der Waals surface area contributed by atoms with Crippen LogP contribution in [0.4, 0.5) is 0 Å². The fourth-order valence-electron chi connectivity index (χ4n) is 3.04. The summed E-state index contributed by atoms with van der Waals surface area (Å²) in [7, 11) is 0. The molecule has 1 aliphatic rings. The van der Waals surface area contributed by atoms with E-state index in [0.717, 1.165) is 19.4 Å². The SMILES string of the molecule is CCNC(=O)COc1ccc(CNC2CCCCC2CO)cc1. The number of carbonyl (C=O) groups is 1. The van der Waals surface area contributed by atoms with Crippen LogP contribution in [0.5, 0.6) is 5.75 Å². The molecule has 23 heavy (non-hydrogen) atoms. The summed E-state index contributed by atoms with van der Waals surface area (Å²) in [6.45, 7) is 3.60. The lowest BCUT2D eigenvalue weighted by atomic mass is 9.85. The van der Waals surface area contributed by atoms with E-state index in [1.165, 1.54) is 18.4 Å². The summed E-state index contributed by atoms with van der Waals surface area (Å²) in [4.78, 5) is 11.4. The topological polar surface area (TPSA) is 70.6 Å². The van der Waals surface area contributed by atoms with E-state index in [1.807, 2.05) is 31.2 Å². The molecule has 1 amide bonds. The molecular formula is C18H28N2O3. The van der Waals surface area contributed by atoms with Gasteiger partial charge in [-0.15, -0.1) is 0 Å². The molecule has 0 aromatic heterocycles. The number of aliphatic hydroxyl groups excluding tert-OH is 1. The zero-order valence-electron chi connectivity index (χ0n) is 13.9. The molecule has 128 valence electrons. The number of hydrogen-bond acceptors (Lipinski definition) is 4.